The molecule has 0 spiro atoms. The molecule has 1 saturated carbocycles. The van der Waals surface area contributed by atoms with Gasteiger partial charge in [0.25, 0.3) is 0 Å². The van der Waals surface area contributed by atoms with E-state index in [0.29, 0.717) is 0 Å². The Morgan fingerprint density at radius 2 is 1.64 bits per heavy atom. The predicted octanol–water partition coefficient (Wildman–Crippen LogP) is 3.59. The van der Waals surface area contributed by atoms with Crippen molar-refractivity contribution < 1.29 is 0 Å². The van der Waals surface area contributed by atoms with Gasteiger partial charge in [0.05, 0.1) is 0 Å². The minimum atomic E-state index is -0.388. The van der Waals surface area contributed by atoms with Crippen molar-refractivity contribution in [1.82, 2.24) is 0 Å². The summed E-state index contributed by atoms with van der Waals surface area (Å²) in [5, 5.41) is 0.859. The first kappa shape index (κ1) is 9.31. The summed E-state index contributed by atoms with van der Waals surface area (Å²) in [6, 6.07) is 0. The Labute approximate surface area is 73.0 Å². The summed E-state index contributed by atoms with van der Waals surface area (Å²) < 4.78 is 0. The van der Waals surface area contributed by atoms with Crippen LogP contribution in [0.2, 0.25) is 18.1 Å². The van der Waals surface area contributed by atoms with Crippen LogP contribution in [0.4, 0.5) is 0 Å². The third-order valence-corrected chi connectivity index (χ3v) is 7.21. The lowest BCUT2D eigenvalue weighted by Crippen LogP contribution is -2.29. The Balaban J connectivity index is 2.57. The lowest BCUT2D eigenvalue weighted by molar-refractivity contribution is 0.360. The van der Waals surface area contributed by atoms with Crippen molar-refractivity contribution in [2.75, 3.05) is 0 Å². The van der Waals surface area contributed by atoms with E-state index < -0.39 is 0 Å². The summed E-state index contributed by atoms with van der Waals surface area (Å²) in [7, 11) is -0.388. The van der Waals surface area contributed by atoms with Gasteiger partial charge in [-0.2, -0.15) is 0 Å². The van der Waals surface area contributed by atoms with Crippen molar-refractivity contribution in [1.29, 1.82) is 0 Å². The largest absolute Gasteiger partial charge is 0.0718 e. The molecule has 66 valence electrons. The lowest BCUT2D eigenvalue weighted by atomic mass is 9.86. The summed E-state index contributed by atoms with van der Waals surface area (Å²) in [6.07, 6.45) is 9.08. The first-order valence-corrected chi connectivity index (χ1v) is 8.10. The summed E-state index contributed by atoms with van der Waals surface area (Å²) in [4.78, 5) is 0. The van der Waals surface area contributed by atoms with Gasteiger partial charge in [0.15, 0.2) is 0 Å². The van der Waals surface area contributed by atoms with E-state index in [0.717, 1.165) is 5.04 Å². The van der Waals surface area contributed by atoms with Gasteiger partial charge < -0.3 is 0 Å². The number of hydrogen-bond donors (Lipinski definition) is 0. The van der Waals surface area contributed by atoms with Crippen LogP contribution in [0.1, 0.15) is 45.4 Å². The number of rotatable bonds is 2. The van der Waals surface area contributed by atoms with Crippen molar-refractivity contribution in [2.45, 2.75) is 63.6 Å². The third-order valence-electron chi connectivity index (χ3n) is 3.78. The monoisotopic (exact) mass is 170 g/mol. The fourth-order valence-electron chi connectivity index (χ4n) is 2.60. The maximum absolute atomic E-state index is 2.54. The minimum Gasteiger partial charge on any atom is -0.0718 e. The van der Waals surface area contributed by atoms with Gasteiger partial charge in [0.2, 0.25) is 0 Å². The Hall–Kier alpha value is 0.217. The lowest BCUT2D eigenvalue weighted by Gasteiger charge is -2.39. The van der Waals surface area contributed by atoms with Gasteiger partial charge in [-0.05, 0) is 5.04 Å². The molecule has 0 radical (unpaired) electrons. The molecular formula is C10H22Si. The van der Waals surface area contributed by atoms with Crippen molar-refractivity contribution in [2.24, 2.45) is 0 Å². The molecule has 1 aliphatic carbocycles. The van der Waals surface area contributed by atoms with Crippen molar-refractivity contribution >= 4 is 8.80 Å². The standard InChI is InChI=1S/C10H22Si/c1-4-10(11(2)3)8-6-5-7-9-10/h11H,4-9H2,1-3H3. The summed E-state index contributed by atoms with van der Waals surface area (Å²) in [6.45, 7) is 7.47. The molecule has 0 N–H and O–H groups in total. The van der Waals surface area contributed by atoms with Gasteiger partial charge in [-0.25, -0.2) is 0 Å². The summed E-state index contributed by atoms with van der Waals surface area (Å²) >= 11 is 0. The fraction of sp³-hybridized carbons (Fsp3) is 1.00. The van der Waals surface area contributed by atoms with E-state index in [-0.39, 0.29) is 8.80 Å². The van der Waals surface area contributed by atoms with Gasteiger partial charge in [0.1, 0.15) is 0 Å². The van der Waals surface area contributed by atoms with Crippen molar-refractivity contribution in [3.63, 3.8) is 0 Å². The molecule has 0 bridgehead atoms. The van der Waals surface area contributed by atoms with E-state index in [9.17, 15) is 0 Å². The number of hydrogen-bond acceptors (Lipinski definition) is 0. The highest BCUT2D eigenvalue weighted by atomic mass is 28.3. The van der Waals surface area contributed by atoms with Crippen molar-refractivity contribution in [3.8, 4) is 0 Å². The second-order valence-corrected chi connectivity index (χ2v) is 7.97. The normalized spacial score (nSPS) is 24.0. The molecule has 0 aliphatic heterocycles. The highest BCUT2D eigenvalue weighted by Crippen LogP contribution is 2.48. The summed E-state index contributed by atoms with van der Waals surface area (Å²) in [5.41, 5.74) is 0. The summed E-state index contributed by atoms with van der Waals surface area (Å²) in [5.74, 6) is 0. The van der Waals surface area contributed by atoms with Gasteiger partial charge >= 0.3 is 0 Å². The molecule has 0 heterocycles. The molecule has 0 atom stereocenters. The van der Waals surface area contributed by atoms with E-state index in [1.807, 2.05) is 0 Å². The SMILES string of the molecule is CCC1([SiH](C)C)CCCCC1. The van der Waals surface area contributed by atoms with Crippen LogP contribution in [0.25, 0.3) is 0 Å². The maximum atomic E-state index is 2.54. The molecule has 0 aromatic rings. The molecule has 0 aromatic carbocycles. The van der Waals surface area contributed by atoms with E-state index in [1.54, 1.807) is 12.8 Å². The Kier molecular flexibility index (Phi) is 3.17. The smallest absolute Gasteiger partial charge is 0.0371 e. The highest BCUT2D eigenvalue weighted by Gasteiger charge is 2.33. The predicted molar refractivity (Wildman–Crippen MR) is 54.9 cm³/mol. The molecule has 0 unspecified atom stereocenters. The zero-order chi connectivity index (χ0) is 8.32. The zero-order valence-corrected chi connectivity index (χ0v) is 9.47. The van der Waals surface area contributed by atoms with Crippen LogP contribution in [0.15, 0.2) is 0 Å². The second kappa shape index (κ2) is 3.75. The minimum absolute atomic E-state index is 0.388. The molecule has 1 rings (SSSR count). The van der Waals surface area contributed by atoms with Crippen LogP contribution >= 0.6 is 0 Å². The van der Waals surface area contributed by atoms with E-state index in [1.165, 1.54) is 25.7 Å². The van der Waals surface area contributed by atoms with Crippen LogP contribution in [-0.4, -0.2) is 8.80 Å². The van der Waals surface area contributed by atoms with Gasteiger partial charge in [0, 0.05) is 8.80 Å². The molecule has 0 nitrogen and oxygen atoms in total. The Bertz CT molecular complexity index is 112. The second-order valence-electron chi connectivity index (χ2n) is 4.43. The maximum Gasteiger partial charge on any atom is 0.0371 e. The van der Waals surface area contributed by atoms with Crippen molar-refractivity contribution in [3.05, 3.63) is 0 Å². The average Bonchev–Trinajstić information content (AvgIpc) is 2.05. The topological polar surface area (TPSA) is 0 Å². The van der Waals surface area contributed by atoms with Crippen LogP contribution in [0.5, 0.6) is 0 Å². The van der Waals surface area contributed by atoms with E-state index >= 15 is 0 Å². The molecule has 11 heavy (non-hydrogen) atoms. The van der Waals surface area contributed by atoms with Crippen LogP contribution in [-0.2, 0) is 0 Å². The average molecular weight is 170 g/mol. The van der Waals surface area contributed by atoms with E-state index in [4.69, 9.17) is 0 Å². The van der Waals surface area contributed by atoms with Crippen LogP contribution < -0.4 is 0 Å². The molecule has 0 amide bonds. The quantitative estimate of drug-likeness (QED) is 0.556. The van der Waals surface area contributed by atoms with Gasteiger partial charge in [-0.3, -0.25) is 0 Å². The fourth-order valence-corrected chi connectivity index (χ4v) is 4.97. The molecule has 1 aliphatic rings. The van der Waals surface area contributed by atoms with E-state index in [2.05, 4.69) is 20.0 Å². The van der Waals surface area contributed by atoms with Crippen LogP contribution in [0, 0.1) is 0 Å². The molecule has 1 fully saturated rings. The Morgan fingerprint density at radius 1 is 1.09 bits per heavy atom. The zero-order valence-electron chi connectivity index (χ0n) is 8.32. The molecule has 0 aromatic heterocycles. The Morgan fingerprint density at radius 3 is 1.91 bits per heavy atom. The third kappa shape index (κ3) is 1.87. The molecular weight excluding hydrogens is 148 g/mol. The van der Waals surface area contributed by atoms with Gasteiger partial charge in [-0.1, -0.05) is 58.5 Å². The molecule has 0 saturated heterocycles. The van der Waals surface area contributed by atoms with Crippen LogP contribution in [0.3, 0.4) is 0 Å². The molecule has 1 heteroatoms. The van der Waals surface area contributed by atoms with Gasteiger partial charge in [-0.15, -0.1) is 0 Å². The first-order valence-electron chi connectivity index (χ1n) is 5.21. The highest BCUT2D eigenvalue weighted by molar-refractivity contribution is 6.59. The first-order chi connectivity index (χ1) is 5.21.